The molecule has 2 aromatic carbocycles. The zero-order valence-corrected chi connectivity index (χ0v) is 12.6. The topological polar surface area (TPSA) is 101 Å². The second kappa shape index (κ2) is 6.66. The number of carboxylic acid groups (broad SMARTS) is 1. The summed E-state index contributed by atoms with van der Waals surface area (Å²) in [6.07, 6.45) is 0. The van der Waals surface area contributed by atoms with Gasteiger partial charge in [0.05, 0.1) is 10.6 Å². The van der Waals surface area contributed by atoms with Gasteiger partial charge in [-0.25, -0.2) is 17.6 Å². The van der Waals surface area contributed by atoms with Crippen molar-refractivity contribution in [2.75, 3.05) is 12.4 Å². The molecule has 122 valence electrons. The van der Waals surface area contributed by atoms with Crippen LogP contribution < -0.4 is 4.74 Å². The lowest BCUT2D eigenvalue weighted by molar-refractivity contribution is 0.0693. The average molecular weight is 340 g/mol. The maximum atomic E-state index is 12.8. The molecule has 0 aliphatic rings. The predicted molar refractivity (Wildman–Crippen MR) is 79.0 cm³/mol. The number of phenols is 1. The van der Waals surface area contributed by atoms with Crippen molar-refractivity contribution in [3.8, 4) is 11.5 Å². The van der Waals surface area contributed by atoms with E-state index in [4.69, 9.17) is 9.84 Å². The highest BCUT2D eigenvalue weighted by Crippen LogP contribution is 2.23. The summed E-state index contributed by atoms with van der Waals surface area (Å²) in [5.74, 6) is -2.50. The number of aromatic hydroxyl groups is 1. The molecule has 0 fully saturated rings. The van der Waals surface area contributed by atoms with Crippen LogP contribution in [0.4, 0.5) is 4.39 Å². The molecular formula is C15H13FO6S. The summed E-state index contributed by atoms with van der Waals surface area (Å²) in [4.78, 5) is 10.7. The fraction of sp³-hybridized carbons (Fsp3) is 0.133. The molecule has 8 heteroatoms. The Hall–Kier alpha value is -2.61. The van der Waals surface area contributed by atoms with Crippen LogP contribution in [0.3, 0.4) is 0 Å². The third-order valence-corrected chi connectivity index (χ3v) is 4.69. The Labute approximate surface area is 131 Å². The molecule has 0 saturated carbocycles. The van der Waals surface area contributed by atoms with Crippen molar-refractivity contribution < 1.29 is 32.6 Å². The summed E-state index contributed by atoms with van der Waals surface area (Å²) in [5, 5.41) is 18.3. The molecule has 0 heterocycles. The molecule has 2 aromatic rings. The lowest BCUT2D eigenvalue weighted by atomic mass is 10.2. The monoisotopic (exact) mass is 340 g/mol. The van der Waals surface area contributed by atoms with Crippen molar-refractivity contribution in [1.82, 2.24) is 0 Å². The van der Waals surface area contributed by atoms with Crippen LogP contribution in [-0.2, 0) is 9.84 Å². The van der Waals surface area contributed by atoms with Crippen LogP contribution in [0.25, 0.3) is 0 Å². The number of hydrogen-bond acceptors (Lipinski definition) is 5. The van der Waals surface area contributed by atoms with E-state index in [1.165, 1.54) is 6.07 Å². The molecule has 23 heavy (non-hydrogen) atoms. The van der Waals surface area contributed by atoms with Crippen LogP contribution in [0.5, 0.6) is 11.5 Å². The zero-order valence-electron chi connectivity index (χ0n) is 11.8. The van der Waals surface area contributed by atoms with Gasteiger partial charge in [0.15, 0.2) is 9.84 Å². The van der Waals surface area contributed by atoms with Gasteiger partial charge in [-0.2, -0.15) is 0 Å². The molecule has 0 aliphatic heterocycles. The number of rotatable bonds is 6. The van der Waals surface area contributed by atoms with Gasteiger partial charge < -0.3 is 14.9 Å². The quantitative estimate of drug-likeness (QED) is 0.781. The first-order chi connectivity index (χ1) is 10.8. The third kappa shape index (κ3) is 4.19. The molecule has 0 radical (unpaired) electrons. The maximum absolute atomic E-state index is 12.8. The number of carbonyl (C=O) groups is 1. The van der Waals surface area contributed by atoms with E-state index in [0.717, 1.165) is 36.4 Å². The van der Waals surface area contributed by atoms with Crippen molar-refractivity contribution in [3.05, 3.63) is 53.8 Å². The van der Waals surface area contributed by atoms with Crippen molar-refractivity contribution >= 4 is 15.8 Å². The van der Waals surface area contributed by atoms with Crippen molar-refractivity contribution in [1.29, 1.82) is 0 Å². The van der Waals surface area contributed by atoms with Crippen molar-refractivity contribution in [2.24, 2.45) is 0 Å². The number of hydrogen-bond donors (Lipinski definition) is 2. The number of halogens is 1. The molecule has 0 unspecified atom stereocenters. The van der Waals surface area contributed by atoms with Gasteiger partial charge in [0.1, 0.15) is 29.5 Å². The molecule has 0 amide bonds. The minimum atomic E-state index is -3.63. The van der Waals surface area contributed by atoms with Crippen LogP contribution >= 0.6 is 0 Å². The molecule has 0 atom stereocenters. The number of sulfone groups is 1. The van der Waals surface area contributed by atoms with E-state index in [0.29, 0.717) is 0 Å². The summed E-state index contributed by atoms with van der Waals surface area (Å²) in [7, 11) is -3.63. The lowest BCUT2D eigenvalue weighted by Gasteiger charge is -2.08. The zero-order chi connectivity index (χ0) is 17.0. The molecular weight excluding hydrogens is 327 g/mol. The summed E-state index contributed by atoms with van der Waals surface area (Å²) >= 11 is 0. The van der Waals surface area contributed by atoms with E-state index in [-0.39, 0.29) is 28.6 Å². The first-order valence-electron chi connectivity index (χ1n) is 6.47. The average Bonchev–Trinajstić information content (AvgIpc) is 2.47. The van der Waals surface area contributed by atoms with Crippen LogP contribution in [0.1, 0.15) is 10.4 Å². The van der Waals surface area contributed by atoms with Crippen molar-refractivity contribution in [3.63, 3.8) is 0 Å². The van der Waals surface area contributed by atoms with Gasteiger partial charge in [0.2, 0.25) is 0 Å². The van der Waals surface area contributed by atoms with Gasteiger partial charge in [-0.15, -0.1) is 0 Å². The lowest BCUT2D eigenvalue weighted by Crippen LogP contribution is -2.14. The molecule has 0 spiro atoms. The van der Waals surface area contributed by atoms with Gasteiger partial charge in [0, 0.05) is 6.07 Å². The predicted octanol–water partition coefficient (Wildman–Crippen LogP) is 2.08. The first-order valence-corrected chi connectivity index (χ1v) is 8.12. The Morgan fingerprint density at radius 2 is 1.78 bits per heavy atom. The van der Waals surface area contributed by atoms with Crippen molar-refractivity contribution in [2.45, 2.75) is 4.90 Å². The van der Waals surface area contributed by atoms with E-state index in [1.54, 1.807) is 0 Å². The fourth-order valence-corrected chi connectivity index (χ4v) is 2.90. The minimum Gasteiger partial charge on any atom is -0.507 e. The van der Waals surface area contributed by atoms with Crippen LogP contribution in [0.15, 0.2) is 47.4 Å². The molecule has 6 nitrogen and oxygen atoms in total. The van der Waals surface area contributed by atoms with Crippen LogP contribution in [0, 0.1) is 5.82 Å². The van der Waals surface area contributed by atoms with E-state index in [9.17, 15) is 22.7 Å². The van der Waals surface area contributed by atoms with E-state index in [2.05, 4.69) is 0 Å². The van der Waals surface area contributed by atoms with E-state index >= 15 is 0 Å². The van der Waals surface area contributed by atoms with Crippen LogP contribution in [-0.4, -0.2) is 37.0 Å². The SMILES string of the molecule is O=C(O)c1ccc(OCCS(=O)(=O)c2ccc(F)cc2)cc1O. The highest BCUT2D eigenvalue weighted by atomic mass is 32.2. The van der Waals surface area contributed by atoms with Gasteiger partial charge >= 0.3 is 5.97 Å². The Morgan fingerprint density at radius 1 is 1.13 bits per heavy atom. The normalized spacial score (nSPS) is 11.2. The van der Waals surface area contributed by atoms with E-state index in [1.807, 2.05) is 0 Å². The maximum Gasteiger partial charge on any atom is 0.339 e. The Bertz CT molecular complexity index is 814. The minimum absolute atomic E-state index is 0.0217. The summed E-state index contributed by atoms with van der Waals surface area (Å²) < 4.78 is 42.0. The number of carboxylic acids is 1. The first kappa shape index (κ1) is 16.8. The molecule has 0 aliphatic carbocycles. The highest BCUT2D eigenvalue weighted by molar-refractivity contribution is 7.91. The van der Waals surface area contributed by atoms with Gasteiger partial charge in [-0.1, -0.05) is 0 Å². The summed E-state index contributed by atoms with van der Waals surface area (Å²) in [5.41, 5.74) is -0.281. The van der Waals surface area contributed by atoms with Gasteiger partial charge in [-0.3, -0.25) is 0 Å². The molecule has 2 rings (SSSR count). The smallest absolute Gasteiger partial charge is 0.339 e. The molecule has 0 bridgehead atoms. The molecule has 2 N–H and O–H groups in total. The summed E-state index contributed by atoms with van der Waals surface area (Å²) in [6.45, 7) is -0.203. The Balaban J connectivity index is 2.00. The summed E-state index contributed by atoms with van der Waals surface area (Å²) in [6, 6.07) is 7.99. The highest BCUT2D eigenvalue weighted by Gasteiger charge is 2.15. The fourth-order valence-electron chi connectivity index (χ4n) is 1.81. The standard InChI is InChI=1S/C15H13FO6S/c16-10-1-4-12(5-2-10)23(20,21)8-7-22-11-3-6-13(15(18)19)14(17)9-11/h1-6,9,17H,7-8H2,(H,18,19). The second-order valence-electron chi connectivity index (χ2n) is 4.61. The Kier molecular flexibility index (Phi) is 4.85. The Morgan fingerprint density at radius 3 is 2.35 bits per heavy atom. The van der Waals surface area contributed by atoms with E-state index < -0.39 is 27.4 Å². The number of ether oxygens (including phenoxy) is 1. The molecule has 0 saturated heterocycles. The second-order valence-corrected chi connectivity index (χ2v) is 6.71. The molecule has 0 aromatic heterocycles. The number of benzene rings is 2. The van der Waals surface area contributed by atoms with Crippen LogP contribution in [0.2, 0.25) is 0 Å². The largest absolute Gasteiger partial charge is 0.507 e. The third-order valence-electron chi connectivity index (χ3n) is 2.99. The van der Waals surface area contributed by atoms with Gasteiger partial charge in [-0.05, 0) is 36.4 Å². The van der Waals surface area contributed by atoms with Gasteiger partial charge in [0.25, 0.3) is 0 Å². The number of aromatic carboxylic acids is 1.